The summed E-state index contributed by atoms with van der Waals surface area (Å²) in [7, 11) is 1.97. The van der Waals surface area contributed by atoms with Gasteiger partial charge in [-0.05, 0) is 38.2 Å². The number of hydrogen-bond donors (Lipinski definition) is 2. The number of aliphatic imine (C=N–C) groups is 1. The molecule has 154 valence electrons. The minimum atomic E-state index is 0. The molecule has 1 aromatic carbocycles. The largest absolute Gasteiger partial charge is 0.376 e. The minimum absolute atomic E-state index is 0. The number of nitrogens with one attached hydrogen (secondary N) is 2. The Bertz CT molecular complexity index is 728. The molecule has 2 aromatic rings. The Kier molecular flexibility index (Phi) is 9.69. The number of rotatable bonds is 8. The molecule has 1 saturated heterocycles. The van der Waals surface area contributed by atoms with Crippen LogP contribution >= 0.6 is 24.0 Å². The van der Waals surface area contributed by atoms with Crippen molar-refractivity contribution in [3.63, 3.8) is 0 Å². The summed E-state index contributed by atoms with van der Waals surface area (Å²) in [6.07, 6.45) is 4.62. The molecule has 0 saturated carbocycles. The first-order valence-electron chi connectivity index (χ1n) is 9.75. The summed E-state index contributed by atoms with van der Waals surface area (Å²) in [5.74, 6) is 2.55. The van der Waals surface area contributed by atoms with E-state index in [4.69, 9.17) is 4.74 Å². The fourth-order valence-electron chi connectivity index (χ4n) is 3.07. The highest BCUT2D eigenvalue weighted by molar-refractivity contribution is 14.0. The topological polar surface area (TPSA) is 76.4 Å². The number of nitrogens with zero attached hydrogens (tertiary/aromatic N) is 4. The van der Waals surface area contributed by atoms with Crippen LogP contribution in [0.25, 0.3) is 0 Å². The van der Waals surface area contributed by atoms with Crippen LogP contribution in [0, 0.1) is 6.92 Å². The van der Waals surface area contributed by atoms with E-state index in [9.17, 15) is 0 Å². The Morgan fingerprint density at radius 2 is 2.07 bits per heavy atom. The van der Waals surface area contributed by atoms with Crippen molar-refractivity contribution < 1.29 is 4.74 Å². The normalized spacial score (nSPS) is 16.6. The number of hydrogen-bond acceptors (Lipinski definition) is 4. The molecule has 0 amide bonds. The number of benzene rings is 1. The molecule has 1 aliphatic rings. The van der Waals surface area contributed by atoms with Gasteiger partial charge in [0.05, 0.1) is 6.10 Å². The second-order valence-corrected chi connectivity index (χ2v) is 6.92. The molecule has 0 radical (unpaired) electrons. The first-order chi connectivity index (χ1) is 13.2. The van der Waals surface area contributed by atoms with E-state index in [0.717, 1.165) is 63.0 Å². The maximum atomic E-state index is 5.70. The van der Waals surface area contributed by atoms with Crippen molar-refractivity contribution in [1.29, 1.82) is 0 Å². The average molecular weight is 498 g/mol. The zero-order valence-corrected chi connectivity index (χ0v) is 19.1. The zero-order valence-electron chi connectivity index (χ0n) is 16.7. The summed E-state index contributed by atoms with van der Waals surface area (Å²) in [5, 5.41) is 15.1. The van der Waals surface area contributed by atoms with Crippen molar-refractivity contribution in [3.05, 3.63) is 47.5 Å². The van der Waals surface area contributed by atoms with Crippen molar-refractivity contribution >= 4 is 29.9 Å². The number of guanidine groups is 1. The summed E-state index contributed by atoms with van der Waals surface area (Å²) >= 11 is 0. The highest BCUT2D eigenvalue weighted by Crippen LogP contribution is 2.10. The summed E-state index contributed by atoms with van der Waals surface area (Å²) in [6, 6.07) is 10.6. The number of aryl methyl sites for hydroxylation is 2. The molecule has 28 heavy (non-hydrogen) atoms. The van der Waals surface area contributed by atoms with Crippen LogP contribution in [0.4, 0.5) is 0 Å². The summed E-state index contributed by atoms with van der Waals surface area (Å²) < 4.78 is 7.67. The van der Waals surface area contributed by atoms with Crippen molar-refractivity contribution in [2.45, 2.75) is 45.3 Å². The van der Waals surface area contributed by atoms with Gasteiger partial charge < -0.3 is 19.9 Å². The van der Waals surface area contributed by atoms with Gasteiger partial charge in [-0.2, -0.15) is 0 Å². The molecule has 1 fully saturated rings. The lowest BCUT2D eigenvalue weighted by molar-refractivity contribution is 0.114. The molecule has 2 heterocycles. The van der Waals surface area contributed by atoms with Crippen LogP contribution in [-0.2, 0) is 24.8 Å². The number of halogens is 1. The van der Waals surface area contributed by atoms with E-state index < -0.39 is 0 Å². The quantitative estimate of drug-likeness (QED) is 0.253. The van der Waals surface area contributed by atoms with Crippen molar-refractivity contribution in [1.82, 2.24) is 25.4 Å². The van der Waals surface area contributed by atoms with Crippen molar-refractivity contribution in [3.8, 4) is 0 Å². The van der Waals surface area contributed by atoms with Gasteiger partial charge in [0.25, 0.3) is 0 Å². The van der Waals surface area contributed by atoms with E-state index in [1.807, 2.05) is 18.5 Å². The number of aromatic nitrogens is 3. The predicted molar refractivity (Wildman–Crippen MR) is 122 cm³/mol. The Balaban J connectivity index is 0.00000280. The van der Waals surface area contributed by atoms with Crippen molar-refractivity contribution in [2.24, 2.45) is 12.0 Å². The summed E-state index contributed by atoms with van der Waals surface area (Å²) in [4.78, 5) is 4.69. The van der Waals surface area contributed by atoms with Gasteiger partial charge in [-0.25, -0.2) is 4.99 Å². The van der Waals surface area contributed by atoms with Crippen LogP contribution in [0.15, 0.2) is 35.3 Å². The van der Waals surface area contributed by atoms with E-state index in [-0.39, 0.29) is 30.1 Å². The molecular formula is C20H31IN6O. The van der Waals surface area contributed by atoms with E-state index in [0.29, 0.717) is 6.54 Å². The van der Waals surface area contributed by atoms with Crippen LogP contribution in [0.2, 0.25) is 0 Å². The lowest BCUT2D eigenvalue weighted by atomic mass is 10.1. The molecule has 8 heteroatoms. The Labute approximate surface area is 184 Å². The molecular weight excluding hydrogens is 467 g/mol. The van der Waals surface area contributed by atoms with Gasteiger partial charge in [0.1, 0.15) is 12.4 Å². The van der Waals surface area contributed by atoms with E-state index >= 15 is 0 Å². The predicted octanol–water partition coefficient (Wildman–Crippen LogP) is 2.59. The maximum absolute atomic E-state index is 5.70. The second-order valence-electron chi connectivity index (χ2n) is 6.92. The molecule has 1 atom stereocenters. The van der Waals surface area contributed by atoms with Crippen LogP contribution in [0.3, 0.4) is 0 Å². The molecule has 2 N–H and O–H groups in total. The van der Waals surface area contributed by atoms with E-state index in [2.05, 4.69) is 56.2 Å². The van der Waals surface area contributed by atoms with Gasteiger partial charge in [0, 0.05) is 26.7 Å². The Morgan fingerprint density at radius 3 is 2.75 bits per heavy atom. The lowest BCUT2D eigenvalue weighted by Gasteiger charge is -2.15. The number of ether oxygens (including phenoxy) is 1. The third-order valence-corrected chi connectivity index (χ3v) is 4.86. The van der Waals surface area contributed by atoms with Gasteiger partial charge in [-0.3, -0.25) is 0 Å². The molecule has 1 aliphatic heterocycles. The molecule has 7 nitrogen and oxygen atoms in total. The monoisotopic (exact) mass is 498 g/mol. The summed E-state index contributed by atoms with van der Waals surface area (Å²) in [5.41, 5.74) is 1.36. The van der Waals surface area contributed by atoms with Crippen LogP contribution in [-0.4, -0.2) is 46.5 Å². The first kappa shape index (κ1) is 22.6. The van der Waals surface area contributed by atoms with Gasteiger partial charge in [0.2, 0.25) is 0 Å². The Morgan fingerprint density at radius 1 is 1.25 bits per heavy atom. The van der Waals surface area contributed by atoms with Gasteiger partial charge in [-0.1, -0.05) is 30.3 Å². The third-order valence-electron chi connectivity index (χ3n) is 4.86. The zero-order chi connectivity index (χ0) is 18.9. The van der Waals surface area contributed by atoms with E-state index in [1.54, 1.807) is 0 Å². The highest BCUT2D eigenvalue weighted by atomic mass is 127. The SMILES string of the molecule is Cc1nnc(CN=C(NCCCc2ccccc2)NCC2CCCO2)n1C.I. The smallest absolute Gasteiger partial charge is 0.191 e. The highest BCUT2D eigenvalue weighted by Gasteiger charge is 2.15. The molecule has 1 aromatic heterocycles. The molecule has 0 aliphatic carbocycles. The Hall–Kier alpha value is -1.68. The maximum Gasteiger partial charge on any atom is 0.191 e. The van der Waals surface area contributed by atoms with Crippen LogP contribution < -0.4 is 10.6 Å². The lowest BCUT2D eigenvalue weighted by Crippen LogP contribution is -2.41. The molecule has 1 unspecified atom stereocenters. The van der Waals surface area contributed by atoms with E-state index in [1.165, 1.54) is 5.56 Å². The minimum Gasteiger partial charge on any atom is -0.376 e. The van der Waals surface area contributed by atoms with Gasteiger partial charge in [-0.15, -0.1) is 34.2 Å². The van der Waals surface area contributed by atoms with Gasteiger partial charge in [0.15, 0.2) is 11.8 Å². The van der Waals surface area contributed by atoms with Crippen LogP contribution in [0.1, 0.15) is 36.5 Å². The molecule has 3 rings (SSSR count). The standard InChI is InChI=1S/C20H30N6O.HI/c1-16-24-25-19(26(16)2)15-23-20(22-14-18-11-7-13-27-18)21-12-6-10-17-8-4-3-5-9-17;/h3-5,8-9,18H,6-7,10-15H2,1-2H3,(H2,21,22,23);1H. The average Bonchev–Trinajstić information content (AvgIpc) is 3.32. The van der Waals surface area contributed by atoms with Gasteiger partial charge >= 0.3 is 0 Å². The summed E-state index contributed by atoms with van der Waals surface area (Å²) in [6.45, 7) is 4.95. The fourth-order valence-corrected chi connectivity index (χ4v) is 3.07. The molecule has 0 spiro atoms. The molecule has 0 bridgehead atoms. The fraction of sp³-hybridized carbons (Fsp3) is 0.550. The second kappa shape index (κ2) is 12.0. The van der Waals surface area contributed by atoms with Crippen LogP contribution in [0.5, 0.6) is 0 Å². The first-order valence-corrected chi connectivity index (χ1v) is 9.75. The third kappa shape index (κ3) is 7.05. The van der Waals surface area contributed by atoms with Crippen molar-refractivity contribution in [2.75, 3.05) is 19.7 Å².